The Balaban J connectivity index is 1.82. The second-order valence-electron chi connectivity index (χ2n) is 7.79. The van der Waals surface area contributed by atoms with Crippen LogP contribution < -0.4 is 15.4 Å². The van der Waals surface area contributed by atoms with Crippen LogP contribution >= 0.6 is 11.8 Å². The molecular formula is C24H27N5O3S. The Morgan fingerprint density at radius 1 is 1.27 bits per heavy atom. The summed E-state index contributed by atoms with van der Waals surface area (Å²) in [7, 11) is 1.49. The zero-order valence-electron chi connectivity index (χ0n) is 19.3. The molecule has 1 amide bonds. The second kappa shape index (κ2) is 9.19. The fraction of sp³-hybridized carbons (Fsp3) is 0.292. The van der Waals surface area contributed by atoms with E-state index in [-0.39, 0.29) is 11.7 Å². The molecule has 3 aromatic rings. The van der Waals surface area contributed by atoms with Gasteiger partial charge in [0.1, 0.15) is 6.04 Å². The van der Waals surface area contributed by atoms with Gasteiger partial charge in [0.05, 0.1) is 12.7 Å². The van der Waals surface area contributed by atoms with Gasteiger partial charge in [-0.05, 0) is 61.4 Å². The maximum absolute atomic E-state index is 13.6. The summed E-state index contributed by atoms with van der Waals surface area (Å²) in [5.74, 6) is 1.49. The van der Waals surface area contributed by atoms with Crippen LogP contribution in [0.4, 0.5) is 11.6 Å². The number of aromatic nitrogens is 3. The van der Waals surface area contributed by atoms with Crippen LogP contribution in [-0.4, -0.2) is 38.6 Å². The van der Waals surface area contributed by atoms with Gasteiger partial charge in [0.2, 0.25) is 11.1 Å². The number of thioether (sulfide) groups is 1. The van der Waals surface area contributed by atoms with Crippen LogP contribution in [0.3, 0.4) is 0 Å². The molecule has 1 aliphatic rings. The lowest BCUT2D eigenvalue weighted by Crippen LogP contribution is -2.31. The number of nitrogens with one attached hydrogen (secondary N) is 2. The van der Waals surface area contributed by atoms with E-state index in [4.69, 9.17) is 4.74 Å². The molecule has 0 spiro atoms. The highest BCUT2D eigenvalue weighted by Gasteiger charge is 2.35. The van der Waals surface area contributed by atoms with E-state index >= 15 is 0 Å². The molecule has 1 aromatic heterocycles. The first-order valence-electron chi connectivity index (χ1n) is 10.7. The predicted octanol–water partition coefficient (Wildman–Crippen LogP) is 4.65. The van der Waals surface area contributed by atoms with Crippen LogP contribution in [0.2, 0.25) is 0 Å². The zero-order chi connectivity index (χ0) is 23.7. The zero-order valence-corrected chi connectivity index (χ0v) is 20.1. The highest BCUT2D eigenvalue weighted by Crippen LogP contribution is 2.39. The topological polar surface area (TPSA) is 101 Å². The number of anilines is 2. The van der Waals surface area contributed by atoms with Crippen LogP contribution in [0.5, 0.6) is 11.5 Å². The van der Waals surface area contributed by atoms with Gasteiger partial charge in [0.25, 0.3) is 5.91 Å². The number of allylic oxidation sites excluding steroid dienone is 1. The Kier molecular flexibility index (Phi) is 6.33. The van der Waals surface area contributed by atoms with Crippen LogP contribution in [-0.2, 0) is 4.79 Å². The second-order valence-corrected chi connectivity index (χ2v) is 9.03. The molecule has 1 unspecified atom stereocenters. The first-order valence-corrected chi connectivity index (χ1v) is 11.6. The Labute approximate surface area is 197 Å². The number of phenolic OH excluding ortho intramolecular Hbond substituents is 1. The van der Waals surface area contributed by atoms with Crippen molar-refractivity contribution in [2.75, 3.05) is 23.5 Å². The van der Waals surface area contributed by atoms with Crippen molar-refractivity contribution < 1.29 is 14.6 Å². The van der Waals surface area contributed by atoms with Gasteiger partial charge in [-0.2, -0.15) is 4.98 Å². The number of rotatable bonds is 6. The number of fused-ring (bicyclic) bond motifs is 1. The smallest absolute Gasteiger partial charge is 0.255 e. The number of carbonyl (C=O) groups is 1. The molecule has 1 aliphatic heterocycles. The third-order valence-electron chi connectivity index (χ3n) is 5.72. The maximum Gasteiger partial charge on any atom is 0.255 e. The highest BCUT2D eigenvalue weighted by molar-refractivity contribution is 7.99. The SMILES string of the molecule is CCSc1nc2n(n1)C(c1ccc(O)c(OC)c1)C(C(=O)Nc1cccc(C)c1C)=C(C)N2. The van der Waals surface area contributed by atoms with E-state index in [0.29, 0.717) is 28.1 Å². The molecule has 0 fully saturated rings. The Bertz CT molecular complexity index is 1250. The Hall–Kier alpha value is -3.46. The van der Waals surface area contributed by atoms with Crippen molar-refractivity contribution in [1.82, 2.24) is 14.8 Å². The van der Waals surface area contributed by atoms with Gasteiger partial charge in [-0.15, -0.1) is 5.10 Å². The number of nitrogens with zero attached hydrogens (tertiary/aromatic N) is 3. The van der Waals surface area contributed by atoms with Gasteiger partial charge in [0, 0.05) is 11.4 Å². The Morgan fingerprint density at radius 2 is 2.06 bits per heavy atom. The summed E-state index contributed by atoms with van der Waals surface area (Å²) in [6.45, 7) is 7.88. The van der Waals surface area contributed by atoms with Crippen LogP contribution in [0, 0.1) is 13.8 Å². The molecule has 2 aromatic carbocycles. The molecule has 0 aliphatic carbocycles. The van der Waals surface area contributed by atoms with Crippen molar-refractivity contribution in [3.63, 3.8) is 0 Å². The largest absolute Gasteiger partial charge is 0.504 e. The highest BCUT2D eigenvalue weighted by atomic mass is 32.2. The lowest BCUT2D eigenvalue weighted by Gasteiger charge is -2.29. The van der Waals surface area contributed by atoms with Gasteiger partial charge in [0.15, 0.2) is 11.5 Å². The number of aryl methyl sites for hydroxylation is 1. The number of amides is 1. The normalized spacial score (nSPS) is 15.1. The molecule has 0 radical (unpaired) electrons. The van der Waals surface area contributed by atoms with Crippen molar-refractivity contribution in [3.8, 4) is 11.5 Å². The summed E-state index contributed by atoms with van der Waals surface area (Å²) >= 11 is 1.53. The molecule has 9 heteroatoms. The number of phenols is 1. The summed E-state index contributed by atoms with van der Waals surface area (Å²) in [4.78, 5) is 18.2. The molecule has 3 N–H and O–H groups in total. The van der Waals surface area contributed by atoms with Crippen molar-refractivity contribution in [1.29, 1.82) is 0 Å². The predicted molar refractivity (Wildman–Crippen MR) is 130 cm³/mol. The third kappa shape index (κ3) is 4.28. The van der Waals surface area contributed by atoms with E-state index < -0.39 is 6.04 Å². The molecule has 8 nitrogen and oxygen atoms in total. The van der Waals surface area contributed by atoms with Crippen molar-refractivity contribution in [2.45, 2.75) is 38.9 Å². The number of hydrogen-bond acceptors (Lipinski definition) is 7. The fourth-order valence-electron chi connectivity index (χ4n) is 3.86. The number of aromatic hydroxyl groups is 1. The monoisotopic (exact) mass is 465 g/mol. The van der Waals surface area contributed by atoms with Crippen LogP contribution in [0.15, 0.2) is 52.8 Å². The minimum atomic E-state index is -0.556. The van der Waals surface area contributed by atoms with E-state index in [2.05, 4.69) is 20.7 Å². The lowest BCUT2D eigenvalue weighted by molar-refractivity contribution is -0.113. The van der Waals surface area contributed by atoms with Crippen LogP contribution in [0.1, 0.15) is 36.6 Å². The summed E-state index contributed by atoms with van der Waals surface area (Å²) in [6.07, 6.45) is 0. The van der Waals surface area contributed by atoms with Gasteiger partial charge in [-0.1, -0.05) is 36.9 Å². The summed E-state index contributed by atoms with van der Waals surface area (Å²) in [5, 5.41) is 21.7. The van der Waals surface area contributed by atoms with Crippen molar-refractivity contribution >= 4 is 29.3 Å². The molecule has 33 heavy (non-hydrogen) atoms. The minimum absolute atomic E-state index is 0.0262. The molecule has 1 atom stereocenters. The average molecular weight is 466 g/mol. The first-order chi connectivity index (χ1) is 15.8. The van der Waals surface area contributed by atoms with Crippen molar-refractivity contribution in [3.05, 3.63) is 64.4 Å². The van der Waals surface area contributed by atoms with Gasteiger partial charge < -0.3 is 20.5 Å². The van der Waals surface area contributed by atoms with Crippen LogP contribution in [0.25, 0.3) is 0 Å². The van der Waals surface area contributed by atoms with Gasteiger partial charge in [-0.3, -0.25) is 4.79 Å². The first kappa shape index (κ1) is 22.7. The number of ether oxygens (including phenoxy) is 1. The molecule has 0 saturated carbocycles. The fourth-order valence-corrected chi connectivity index (χ4v) is 4.42. The molecular weight excluding hydrogens is 438 g/mol. The van der Waals surface area contributed by atoms with Gasteiger partial charge >= 0.3 is 0 Å². The number of carbonyl (C=O) groups excluding carboxylic acids is 1. The summed E-state index contributed by atoms with van der Waals surface area (Å²) in [5.41, 5.74) is 4.81. The van der Waals surface area contributed by atoms with Crippen molar-refractivity contribution in [2.24, 2.45) is 0 Å². The van der Waals surface area contributed by atoms with E-state index in [9.17, 15) is 9.90 Å². The summed E-state index contributed by atoms with van der Waals surface area (Å²) in [6, 6.07) is 10.3. The van der Waals surface area contributed by atoms with E-state index in [1.807, 2.05) is 45.9 Å². The summed E-state index contributed by atoms with van der Waals surface area (Å²) < 4.78 is 7.04. The standard InChI is InChI=1S/C24H27N5O3S/c1-6-33-24-27-23-25-15(4)20(22(31)26-17-9-7-8-13(2)14(17)3)21(29(23)28-24)16-10-11-18(30)19(12-16)32-5/h7-12,21,30H,6H2,1-5H3,(H,26,31)(H,25,27,28). The number of benzene rings is 2. The number of methoxy groups -OCH3 is 1. The molecule has 0 bridgehead atoms. The quantitative estimate of drug-likeness (QED) is 0.456. The minimum Gasteiger partial charge on any atom is -0.504 e. The molecule has 0 saturated heterocycles. The average Bonchev–Trinajstić information content (AvgIpc) is 3.18. The lowest BCUT2D eigenvalue weighted by atomic mass is 9.94. The third-order valence-corrected chi connectivity index (χ3v) is 6.44. The van der Waals surface area contributed by atoms with E-state index in [1.165, 1.54) is 18.9 Å². The molecule has 172 valence electrons. The Morgan fingerprint density at radius 3 is 2.79 bits per heavy atom. The molecule has 4 rings (SSSR count). The number of hydrogen-bond donors (Lipinski definition) is 3. The van der Waals surface area contributed by atoms with E-state index in [1.54, 1.807) is 22.9 Å². The maximum atomic E-state index is 13.6. The van der Waals surface area contributed by atoms with E-state index in [0.717, 1.165) is 28.1 Å². The molecule has 2 heterocycles. The van der Waals surface area contributed by atoms with Gasteiger partial charge in [-0.25, -0.2) is 4.68 Å².